The second kappa shape index (κ2) is 16.4. The van der Waals surface area contributed by atoms with Crippen LogP contribution in [-0.4, -0.2) is 36.5 Å². The van der Waals surface area contributed by atoms with Gasteiger partial charge in [-0.05, 0) is 91.1 Å². The van der Waals surface area contributed by atoms with Crippen LogP contribution in [0.25, 0.3) is 11.1 Å². The Kier molecular flexibility index (Phi) is 13.6. The van der Waals surface area contributed by atoms with Gasteiger partial charge in [-0.1, -0.05) is 60.7 Å². The van der Waals surface area contributed by atoms with Crippen molar-refractivity contribution in [2.45, 2.75) is 45.2 Å². The normalized spacial score (nSPS) is 11.4. The van der Waals surface area contributed by atoms with Crippen molar-refractivity contribution in [3.63, 3.8) is 0 Å². The van der Waals surface area contributed by atoms with Crippen molar-refractivity contribution >= 4 is 23.6 Å². The number of aryl methyl sites for hydroxylation is 2. The number of carboxylic acids is 1. The predicted octanol–water partition coefficient (Wildman–Crippen LogP) is 1.38. The standard InChI is InChI=1S/C30H36N2O3S.Li/c1-22-10-6-7-14-25(22)27-20-24(21-31-18-9-8-13-23-11-4-3-5-12-23)15-16-26(27)29(33)32-28(30(34)35)17-19-36-2;/h3-7,10-12,14-16,20,28,31H,8-9,13,17-19,21H2,1-2H3,(H,32,33)(H,34,35);/q;+1/p-1. The van der Waals surface area contributed by atoms with Crippen molar-refractivity contribution in [2.75, 3.05) is 18.6 Å². The van der Waals surface area contributed by atoms with Gasteiger partial charge in [-0.15, -0.1) is 0 Å². The molecule has 0 heterocycles. The number of carboxylic acid groups (broad SMARTS) is 1. The van der Waals surface area contributed by atoms with E-state index in [2.05, 4.69) is 34.9 Å². The third-order valence-electron chi connectivity index (χ3n) is 6.21. The Morgan fingerprint density at radius 1 is 0.919 bits per heavy atom. The Morgan fingerprint density at radius 2 is 1.65 bits per heavy atom. The van der Waals surface area contributed by atoms with Gasteiger partial charge in [0.2, 0.25) is 0 Å². The van der Waals surface area contributed by atoms with E-state index in [1.54, 1.807) is 6.07 Å². The summed E-state index contributed by atoms with van der Waals surface area (Å²) in [5.74, 6) is -1.04. The number of carbonyl (C=O) groups is 2. The molecule has 0 bridgehead atoms. The van der Waals surface area contributed by atoms with Crippen LogP contribution >= 0.6 is 11.8 Å². The molecular weight excluding hydrogens is 475 g/mol. The van der Waals surface area contributed by atoms with Crippen LogP contribution in [0.4, 0.5) is 0 Å². The Hall–Kier alpha value is -2.49. The van der Waals surface area contributed by atoms with Gasteiger partial charge < -0.3 is 20.5 Å². The number of amides is 1. The van der Waals surface area contributed by atoms with Crippen molar-refractivity contribution in [3.05, 3.63) is 95.1 Å². The molecular formula is C30H35LiN2O3S. The number of benzene rings is 3. The molecule has 0 aliphatic carbocycles. The summed E-state index contributed by atoms with van der Waals surface area (Å²) >= 11 is 1.54. The monoisotopic (exact) mass is 510 g/mol. The van der Waals surface area contributed by atoms with Gasteiger partial charge in [-0.25, -0.2) is 0 Å². The smallest absolute Gasteiger partial charge is 0.548 e. The first-order valence-corrected chi connectivity index (χ1v) is 13.8. The molecule has 0 saturated carbocycles. The van der Waals surface area contributed by atoms with E-state index < -0.39 is 17.9 Å². The van der Waals surface area contributed by atoms with Crippen LogP contribution in [0.2, 0.25) is 0 Å². The molecule has 0 spiro atoms. The first-order valence-electron chi connectivity index (χ1n) is 12.4. The first kappa shape index (κ1) is 30.7. The van der Waals surface area contributed by atoms with Crippen LogP contribution in [0.3, 0.4) is 0 Å². The zero-order valence-electron chi connectivity index (χ0n) is 22.1. The maximum atomic E-state index is 13.2. The predicted molar refractivity (Wildman–Crippen MR) is 147 cm³/mol. The van der Waals surface area contributed by atoms with Crippen LogP contribution in [-0.2, 0) is 17.8 Å². The van der Waals surface area contributed by atoms with Gasteiger partial charge in [0.15, 0.2) is 0 Å². The summed E-state index contributed by atoms with van der Waals surface area (Å²) in [6, 6.07) is 23.2. The molecule has 2 N–H and O–H groups in total. The quantitative estimate of drug-likeness (QED) is 0.253. The summed E-state index contributed by atoms with van der Waals surface area (Å²) < 4.78 is 0. The van der Waals surface area contributed by atoms with Gasteiger partial charge in [-0.3, -0.25) is 4.79 Å². The number of aliphatic carboxylic acids is 1. The minimum atomic E-state index is -1.26. The average molecular weight is 511 g/mol. The molecule has 0 aliphatic heterocycles. The van der Waals surface area contributed by atoms with Gasteiger partial charge in [0.05, 0.1) is 12.0 Å². The van der Waals surface area contributed by atoms with Crippen molar-refractivity contribution < 1.29 is 33.6 Å². The minimum absolute atomic E-state index is 0. The van der Waals surface area contributed by atoms with Crippen LogP contribution in [0.15, 0.2) is 72.8 Å². The van der Waals surface area contributed by atoms with Crippen LogP contribution < -0.4 is 34.6 Å². The molecule has 37 heavy (non-hydrogen) atoms. The van der Waals surface area contributed by atoms with E-state index in [0.29, 0.717) is 24.3 Å². The maximum absolute atomic E-state index is 13.2. The fraction of sp³-hybridized carbons (Fsp3) is 0.333. The van der Waals surface area contributed by atoms with Gasteiger partial charge in [0, 0.05) is 12.1 Å². The SMILES string of the molecule is CSCCC(NC(=O)c1ccc(CNCCCCc2ccccc2)cc1-c1ccccc1C)C(=O)[O-].[Li+]. The van der Waals surface area contributed by atoms with Crippen molar-refractivity contribution in [3.8, 4) is 11.1 Å². The van der Waals surface area contributed by atoms with E-state index in [1.165, 1.54) is 17.3 Å². The van der Waals surface area contributed by atoms with E-state index in [9.17, 15) is 14.7 Å². The van der Waals surface area contributed by atoms with Gasteiger partial charge in [0.25, 0.3) is 5.91 Å². The third kappa shape index (κ3) is 9.72. The Balaban J connectivity index is 0.00000481. The van der Waals surface area contributed by atoms with Gasteiger partial charge in [0.1, 0.15) is 0 Å². The topological polar surface area (TPSA) is 81.3 Å². The third-order valence-corrected chi connectivity index (χ3v) is 6.85. The zero-order valence-corrected chi connectivity index (χ0v) is 22.9. The molecule has 3 aromatic carbocycles. The van der Waals surface area contributed by atoms with E-state index in [1.807, 2.05) is 55.6 Å². The fourth-order valence-electron chi connectivity index (χ4n) is 4.17. The number of unbranched alkanes of at least 4 members (excludes halogenated alkanes) is 1. The van der Waals surface area contributed by atoms with Crippen LogP contribution in [0, 0.1) is 6.92 Å². The molecule has 0 radical (unpaired) electrons. The van der Waals surface area contributed by atoms with E-state index in [0.717, 1.165) is 48.1 Å². The molecule has 0 aliphatic rings. The number of hydrogen-bond acceptors (Lipinski definition) is 5. The number of rotatable bonds is 14. The second-order valence-electron chi connectivity index (χ2n) is 8.94. The van der Waals surface area contributed by atoms with Crippen LogP contribution in [0.5, 0.6) is 0 Å². The number of nitrogens with one attached hydrogen (secondary N) is 2. The second-order valence-corrected chi connectivity index (χ2v) is 9.93. The molecule has 0 aromatic heterocycles. The molecule has 0 saturated heterocycles. The fourth-order valence-corrected chi connectivity index (χ4v) is 4.65. The van der Waals surface area contributed by atoms with Crippen molar-refractivity contribution in [1.82, 2.24) is 10.6 Å². The molecule has 0 fully saturated rings. The molecule has 190 valence electrons. The zero-order chi connectivity index (χ0) is 25.8. The summed E-state index contributed by atoms with van der Waals surface area (Å²) in [7, 11) is 0. The number of thioether (sulfide) groups is 1. The maximum Gasteiger partial charge on any atom is 1.00 e. The molecule has 1 amide bonds. The van der Waals surface area contributed by atoms with E-state index in [4.69, 9.17) is 0 Å². The molecule has 7 heteroatoms. The summed E-state index contributed by atoms with van der Waals surface area (Å²) in [6.45, 7) is 3.62. The first-order chi connectivity index (χ1) is 17.5. The number of carbonyl (C=O) groups excluding carboxylic acids is 2. The summed E-state index contributed by atoms with van der Waals surface area (Å²) in [6.07, 6.45) is 5.51. The van der Waals surface area contributed by atoms with Gasteiger partial charge in [-0.2, -0.15) is 11.8 Å². The summed E-state index contributed by atoms with van der Waals surface area (Å²) in [5, 5.41) is 17.7. The summed E-state index contributed by atoms with van der Waals surface area (Å²) in [5.41, 5.74) is 5.72. The van der Waals surface area contributed by atoms with Crippen molar-refractivity contribution in [2.24, 2.45) is 0 Å². The largest absolute Gasteiger partial charge is 1.00 e. The minimum Gasteiger partial charge on any atom is -0.548 e. The van der Waals surface area contributed by atoms with E-state index >= 15 is 0 Å². The van der Waals surface area contributed by atoms with Crippen LogP contribution in [0.1, 0.15) is 46.3 Å². The Morgan fingerprint density at radius 3 is 2.35 bits per heavy atom. The molecule has 3 rings (SSSR count). The van der Waals surface area contributed by atoms with Gasteiger partial charge >= 0.3 is 18.9 Å². The molecule has 3 aromatic rings. The molecule has 1 unspecified atom stereocenters. The van der Waals surface area contributed by atoms with E-state index in [-0.39, 0.29) is 18.9 Å². The van der Waals surface area contributed by atoms with Crippen molar-refractivity contribution in [1.29, 1.82) is 0 Å². The molecule has 1 atom stereocenters. The average Bonchev–Trinajstić information content (AvgIpc) is 2.89. The molecule has 5 nitrogen and oxygen atoms in total. The number of hydrogen-bond donors (Lipinski definition) is 2. The Bertz CT molecular complexity index is 1140. The Labute approximate surface area is 237 Å². The summed E-state index contributed by atoms with van der Waals surface area (Å²) in [4.78, 5) is 24.7.